The zero-order chi connectivity index (χ0) is 24.4. The van der Waals surface area contributed by atoms with Crippen molar-refractivity contribution in [3.05, 3.63) is 95.9 Å². The van der Waals surface area contributed by atoms with Crippen LogP contribution in [0.4, 0.5) is 5.69 Å². The van der Waals surface area contributed by atoms with E-state index in [1.54, 1.807) is 0 Å². The number of hydrogen-bond donors (Lipinski definition) is 1. The quantitative estimate of drug-likeness (QED) is 0.460. The number of likely N-dealkylation sites (tertiary alicyclic amines) is 1. The molecule has 2 aromatic heterocycles. The largest absolute Gasteiger partial charge is 0.338 e. The van der Waals surface area contributed by atoms with Gasteiger partial charge in [0.15, 0.2) is 5.82 Å². The summed E-state index contributed by atoms with van der Waals surface area (Å²) in [7, 11) is 0. The third kappa shape index (κ3) is 4.49. The number of aryl methyl sites for hydroxylation is 2. The van der Waals surface area contributed by atoms with Gasteiger partial charge in [-0.25, -0.2) is 4.68 Å². The molecule has 1 saturated heterocycles. The molecule has 0 atom stereocenters. The molecule has 0 bridgehead atoms. The summed E-state index contributed by atoms with van der Waals surface area (Å²) in [6, 6.07) is 21.5. The molecule has 7 nitrogen and oxygen atoms in total. The predicted octanol–water partition coefficient (Wildman–Crippen LogP) is 4.77. The Labute approximate surface area is 205 Å². The Morgan fingerprint density at radius 3 is 2.23 bits per heavy atom. The Morgan fingerprint density at radius 1 is 0.886 bits per heavy atom. The molecule has 35 heavy (non-hydrogen) atoms. The van der Waals surface area contributed by atoms with Gasteiger partial charge in [-0.1, -0.05) is 36.4 Å². The van der Waals surface area contributed by atoms with Gasteiger partial charge in [0.05, 0.1) is 11.4 Å². The highest BCUT2D eigenvalue weighted by Gasteiger charge is 2.32. The molecule has 2 aromatic carbocycles. The number of aromatic nitrogens is 3. The monoisotopic (exact) mass is 467 g/mol. The Kier molecular flexibility index (Phi) is 6.23. The van der Waals surface area contributed by atoms with Gasteiger partial charge in [-0.3, -0.25) is 9.59 Å². The summed E-state index contributed by atoms with van der Waals surface area (Å²) in [6.07, 6.45) is 5.12. The van der Waals surface area contributed by atoms with E-state index in [-0.39, 0.29) is 17.7 Å². The zero-order valence-corrected chi connectivity index (χ0v) is 20.0. The van der Waals surface area contributed by atoms with E-state index in [4.69, 9.17) is 5.10 Å². The fourth-order valence-corrected chi connectivity index (χ4v) is 4.68. The molecule has 1 fully saturated rings. The third-order valence-electron chi connectivity index (χ3n) is 6.66. The highest BCUT2D eigenvalue weighted by Crippen LogP contribution is 2.27. The molecule has 0 unspecified atom stereocenters. The fraction of sp³-hybridized carbons (Fsp3) is 0.250. The van der Waals surface area contributed by atoms with E-state index < -0.39 is 0 Å². The van der Waals surface area contributed by atoms with Crippen molar-refractivity contribution >= 4 is 17.5 Å². The van der Waals surface area contributed by atoms with E-state index in [1.807, 2.05) is 107 Å². The van der Waals surface area contributed by atoms with Crippen LogP contribution in [0.15, 0.2) is 79.1 Å². The molecular weight excluding hydrogens is 438 g/mol. The van der Waals surface area contributed by atoms with E-state index >= 15 is 0 Å². The molecule has 0 saturated carbocycles. The van der Waals surface area contributed by atoms with Gasteiger partial charge in [-0.2, -0.15) is 5.10 Å². The first kappa shape index (κ1) is 22.7. The lowest BCUT2D eigenvalue weighted by Gasteiger charge is -2.31. The third-order valence-corrected chi connectivity index (χ3v) is 6.66. The Hall–Kier alpha value is -4.13. The molecule has 0 spiro atoms. The van der Waals surface area contributed by atoms with Crippen LogP contribution in [0.1, 0.15) is 34.5 Å². The van der Waals surface area contributed by atoms with E-state index in [2.05, 4.69) is 5.32 Å². The summed E-state index contributed by atoms with van der Waals surface area (Å²) >= 11 is 0. The number of hydrogen-bond acceptors (Lipinski definition) is 3. The predicted molar refractivity (Wildman–Crippen MR) is 136 cm³/mol. The topological polar surface area (TPSA) is 72.2 Å². The van der Waals surface area contributed by atoms with Gasteiger partial charge in [-0.05, 0) is 62.6 Å². The Bertz CT molecular complexity index is 1330. The molecule has 178 valence electrons. The van der Waals surface area contributed by atoms with Crippen LogP contribution >= 0.6 is 0 Å². The average molecular weight is 468 g/mol. The van der Waals surface area contributed by atoms with Crippen LogP contribution < -0.4 is 5.32 Å². The van der Waals surface area contributed by atoms with E-state index in [0.29, 0.717) is 37.2 Å². The Morgan fingerprint density at radius 2 is 1.54 bits per heavy atom. The minimum absolute atomic E-state index is 0.0208. The number of para-hydroxylation sites is 2. The van der Waals surface area contributed by atoms with Crippen molar-refractivity contribution in [2.45, 2.75) is 26.7 Å². The second-order valence-corrected chi connectivity index (χ2v) is 8.99. The van der Waals surface area contributed by atoms with Crippen molar-refractivity contribution in [1.82, 2.24) is 19.2 Å². The maximum absolute atomic E-state index is 13.8. The minimum atomic E-state index is -0.115. The van der Waals surface area contributed by atoms with Gasteiger partial charge in [-0.15, -0.1) is 0 Å². The van der Waals surface area contributed by atoms with Crippen LogP contribution in [0.2, 0.25) is 0 Å². The normalized spacial score (nSPS) is 14.2. The molecule has 1 aliphatic heterocycles. The van der Waals surface area contributed by atoms with Crippen LogP contribution in [0, 0.1) is 19.8 Å². The zero-order valence-electron chi connectivity index (χ0n) is 20.0. The van der Waals surface area contributed by atoms with E-state index in [1.165, 1.54) is 0 Å². The number of nitrogens with one attached hydrogen (secondary N) is 1. The summed E-state index contributed by atoms with van der Waals surface area (Å²) in [5.74, 6) is 0.581. The second-order valence-electron chi connectivity index (χ2n) is 8.99. The van der Waals surface area contributed by atoms with E-state index in [0.717, 1.165) is 22.8 Å². The average Bonchev–Trinajstić information content (AvgIpc) is 3.53. The summed E-state index contributed by atoms with van der Waals surface area (Å²) in [5.41, 5.74) is 4.05. The lowest BCUT2D eigenvalue weighted by molar-refractivity contribution is -0.121. The second kappa shape index (κ2) is 9.62. The molecule has 0 aliphatic carbocycles. The number of piperidine rings is 1. The number of carbonyl (C=O) groups excluding carboxylic acids is 2. The standard InChI is InChI=1S/C28H29N5O2/c1-20-10-6-7-13-24(20)29-26(34)22-14-18-32(19-15-22)28(35)25-21(2)30-33(23-11-4-3-5-12-23)27(25)31-16-8-9-17-31/h3-13,16-17,22H,14-15,18-19H2,1-2H3,(H,29,34). The molecule has 1 N–H and O–H groups in total. The SMILES string of the molecule is Cc1ccccc1NC(=O)C1CCN(C(=O)c2c(C)nn(-c3ccccc3)c2-n2cccc2)CC1. The highest BCUT2D eigenvalue weighted by atomic mass is 16.2. The summed E-state index contributed by atoms with van der Waals surface area (Å²) in [5, 5.41) is 7.79. The van der Waals surface area contributed by atoms with E-state index in [9.17, 15) is 9.59 Å². The summed E-state index contributed by atoms with van der Waals surface area (Å²) < 4.78 is 3.76. The van der Waals surface area contributed by atoms with Crippen LogP contribution in [-0.2, 0) is 4.79 Å². The smallest absolute Gasteiger partial charge is 0.259 e. The van der Waals surface area contributed by atoms with Crippen molar-refractivity contribution in [1.29, 1.82) is 0 Å². The van der Waals surface area contributed by atoms with Gasteiger partial charge in [0.1, 0.15) is 5.56 Å². The molecule has 0 radical (unpaired) electrons. The van der Waals surface area contributed by atoms with Crippen molar-refractivity contribution in [3.8, 4) is 11.5 Å². The van der Waals surface area contributed by atoms with Crippen LogP contribution in [0.3, 0.4) is 0 Å². The van der Waals surface area contributed by atoms with Gasteiger partial charge in [0.2, 0.25) is 5.91 Å². The number of carbonyl (C=O) groups is 2. The lowest BCUT2D eigenvalue weighted by Crippen LogP contribution is -2.42. The molecule has 4 aromatic rings. The molecular formula is C28H29N5O2. The van der Waals surface area contributed by atoms with Crippen molar-refractivity contribution in [2.24, 2.45) is 5.92 Å². The highest BCUT2D eigenvalue weighted by molar-refractivity contribution is 5.99. The summed E-state index contributed by atoms with van der Waals surface area (Å²) in [4.78, 5) is 28.5. The number of rotatable bonds is 5. The van der Waals surface area contributed by atoms with Crippen molar-refractivity contribution in [3.63, 3.8) is 0 Å². The van der Waals surface area contributed by atoms with Crippen molar-refractivity contribution in [2.75, 3.05) is 18.4 Å². The summed E-state index contributed by atoms with van der Waals surface area (Å²) in [6.45, 7) is 4.93. The molecule has 2 amide bonds. The first-order chi connectivity index (χ1) is 17.0. The van der Waals surface area contributed by atoms with Crippen LogP contribution in [0.25, 0.3) is 11.5 Å². The van der Waals surface area contributed by atoms with Gasteiger partial charge < -0.3 is 14.8 Å². The molecule has 5 rings (SSSR count). The Balaban J connectivity index is 1.36. The first-order valence-corrected chi connectivity index (χ1v) is 12.0. The van der Waals surface area contributed by atoms with Crippen molar-refractivity contribution < 1.29 is 9.59 Å². The number of benzene rings is 2. The molecule has 1 aliphatic rings. The number of nitrogens with zero attached hydrogens (tertiary/aromatic N) is 4. The van der Waals surface area contributed by atoms with Gasteiger partial charge >= 0.3 is 0 Å². The first-order valence-electron chi connectivity index (χ1n) is 12.0. The fourth-order valence-electron chi connectivity index (χ4n) is 4.68. The molecule has 7 heteroatoms. The number of anilines is 1. The van der Waals surface area contributed by atoms with Gasteiger partial charge in [0, 0.05) is 37.1 Å². The maximum Gasteiger partial charge on any atom is 0.259 e. The lowest BCUT2D eigenvalue weighted by atomic mass is 9.95. The maximum atomic E-state index is 13.8. The molecule has 3 heterocycles. The van der Waals surface area contributed by atoms with Crippen LogP contribution in [0.5, 0.6) is 0 Å². The number of amides is 2. The van der Waals surface area contributed by atoms with Gasteiger partial charge in [0.25, 0.3) is 5.91 Å². The van der Waals surface area contributed by atoms with Crippen LogP contribution in [-0.4, -0.2) is 44.2 Å². The minimum Gasteiger partial charge on any atom is -0.338 e.